The smallest absolute Gasteiger partial charge is 0.224 e. The maximum atomic E-state index is 13.2. The highest BCUT2D eigenvalue weighted by Gasteiger charge is 2.20. The summed E-state index contributed by atoms with van der Waals surface area (Å²) in [6, 6.07) is 10.1. The lowest BCUT2D eigenvalue weighted by molar-refractivity contribution is -0.121. The molecule has 2 aromatic rings. The van der Waals surface area contributed by atoms with E-state index in [0.29, 0.717) is 0 Å². The minimum atomic E-state index is -1.12. The first-order chi connectivity index (χ1) is 10.9. The van der Waals surface area contributed by atoms with Gasteiger partial charge in [0.05, 0.1) is 18.6 Å². The summed E-state index contributed by atoms with van der Waals surface area (Å²) in [6.07, 6.45) is -0.924. The molecular formula is C18H19F2NO2. The van der Waals surface area contributed by atoms with Crippen LogP contribution in [0.2, 0.25) is 0 Å². The molecule has 23 heavy (non-hydrogen) atoms. The van der Waals surface area contributed by atoms with Crippen LogP contribution in [-0.4, -0.2) is 17.1 Å². The molecule has 0 spiro atoms. The number of aliphatic hydroxyl groups excluding tert-OH is 1. The second-order valence-electron chi connectivity index (χ2n) is 5.58. The highest BCUT2D eigenvalue weighted by atomic mass is 19.2. The zero-order chi connectivity index (χ0) is 17.0. The Morgan fingerprint density at radius 3 is 2.52 bits per heavy atom. The highest BCUT2D eigenvalue weighted by Crippen LogP contribution is 2.19. The van der Waals surface area contributed by atoms with Crippen molar-refractivity contribution < 1.29 is 18.7 Å². The first kappa shape index (κ1) is 17.1. The Labute approximate surface area is 134 Å². The largest absolute Gasteiger partial charge is 0.386 e. The molecule has 0 heterocycles. The summed E-state index contributed by atoms with van der Waals surface area (Å²) in [4.78, 5) is 12.1. The summed E-state index contributed by atoms with van der Waals surface area (Å²) in [5, 5.41) is 12.9. The van der Waals surface area contributed by atoms with Crippen molar-refractivity contribution >= 4 is 5.91 Å². The fourth-order valence-electron chi connectivity index (χ4n) is 2.35. The van der Waals surface area contributed by atoms with E-state index >= 15 is 0 Å². The molecule has 0 saturated carbocycles. The second-order valence-corrected chi connectivity index (χ2v) is 5.58. The van der Waals surface area contributed by atoms with E-state index in [0.717, 1.165) is 23.3 Å². The van der Waals surface area contributed by atoms with Gasteiger partial charge in [0.15, 0.2) is 11.6 Å². The fourth-order valence-corrected chi connectivity index (χ4v) is 2.35. The van der Waals surface area contributed by atoms with E-state index in [4.69, 9.17) is 0 Å². The van der Waals surface area contributed by atoms with Gasteiger partial charge in [0.2, 0.25) is 5.91 Å². The Hall–Kier alpha value is -2.27. The molecule has 0 aliphatic heterocycles. The Balaban J connectivity index is 2.00. The molecule has 2 unspecified atom stereocenters. The van der Waals surface area contributed by atoms with Crippen molar-refractivity contribution in [1.29, 1.82) is 0 Å². The zero-order valence-corrected chi connectivity index (χ0v) is 13.0. The van der Waals surface area contributed by atoms with Crippen LogP contribution in [0.3, 0.4) is 0 Å². The first-order valence-corrected chi connectivity index (χ1v) is 7.35. The normalized spacial score (nSPS) is 13.4. The molecule has 2 N–H and O–H groups in total. The van der Waals surface area contributed by atoms with Crippen LogP contribution in [-0.2, 0) is 11.2 Å². The molecule has 0 aliphatic rings. The lowest BCUT2D eigenvalue weighted by atomic mass is 10.0. The van der Waals surface area contributed by atoms with Crippen molar-refractivity contribution in [3.05, 3.63) is 70.8 Å². The minimum absolute atomic E-state index is 0.196. The maximum absolute atomic E-state index is 13.2. The van der Waals surface area contributed by atoms with E-state index in [1.165, 1.54) is 6.07 Å². The standard InChI is InChI=1S/C18H19F2NO2/c1-11-5-3-4-6-13(11)10-17(22)21-12(2)18(23)14-7-8-15(19)16(20)9-14/h3-9,12,18,23H,10H2,1-2H3,(H,21,22). The lowest BCUT2D eigenvalue weighted by Gasteiger charge is -2.21. The number of nitrogens with one attached hydrogen (secondary N) is 1. The average molecular weight is 319 g/mol. The number of aryl methyl sites for hydroxylation is 1. The third-order valence-corrected chi connectivity index (χ3v) is 3.76. The summed E-state index contributed by atoms with van der Waals surface area (Å²) >= 11 is 0. The van der Waals surface area contributed by atoms with Gasteiger partial charge in [-0.3, -0.25) is 4.79 Å². The molecule has 0 fully saturated rings. The Bertz CT molecular complexity index is 703. The van der Waals surface area contributed by atoms with Crippen molar-refractivity contribution in [3.63, 3.8) is 0 Å². The topological polar surface area (TPSA) is 49.3 Å². The number of carbonyl (C=O) groups is 1. The molecule has 3 nitrogen and oxygen atoms in total. The van der Waals surface area contributed by atoms with Gasteiger partial charge in [0.25, 0.3) is 0 Å². The Morgan fingerprint density at radius 1 is 1.17 bits per heavy atom. The predicted molar refractivity (Wildman–Crippen MR) is 83.8 cm³/mol. The molecule has 2 atom stereocenters. The highest BCUT2D eigenvalue weighted by molar-refractivity contribution is 5.79. The van der Waals surface area contributed by atoms with E-state index in [1.807, 2.05) is 31.2 Å². The van der Waals surface area contributed by atoms with Crippen LogP contribution in [0.1, 0.15) is 29.7 Å². The van der Waals surface area contributed by atoms with E-state index in [9.17, 15) is 18.7 Å². The quantitative estimate of drug-likeness (QED) is 0.890. The van der Waals surface area contributed by atoms with Crippen LogP contribution < -0.4 is 5.32 Å². The zero-order valence-electron chi connectivity index (χ0n) is 13.0. The number of hydrogen-bond acceptors (Lipinski definition) is 2. The van der Waals surface area contributed by atoms with Crippen LogP contribution >= 0.6 is 0 Å². The minimum Gasteiger partial charge on any atom is -0.386 e. The molecule has 2 aromatic carbocycles. The van der Waals surface area contributed by atoms with E-state index in [2.05, 4.69) is 5.32 Å². The summed E-state index contributed by atoms with van der Waals surface area (Å²) in [6.45, 7) is 3.53. The fraction of sp³-hybridized carbons (Fsp3) is 0.278. The molecule has 0 saturated heterocycles. The number of aliphatic hydroxyl groups is 1. The molecule has 0 bridgehead atoms. The molecule has 122 valence electrons. The van der Waals surface area contributed by atoms with Gasteiger partial charge in [-0.2, -0.15) is 0 Å². The number of amides is 1. The Kier molecular flexibility index (Phi) is 5.45. The van der Waals surface area contributed by atoms with Gasteiger partial charge in [0, 0.05) is 0 Å². The Morgan fingerprint density at radius 2 is 1.87 bits per heavy atom. The predicted octanol–water partition coefficient (Wildman–Crippen LogP) is 3.05. The number of hydrogen-bond donors (Lipinski definition) is 2. The van der Waals surface area contributed by atoms with Gasteiger partial charge >= 0.3 is 0 Å². The van der Waals surface area contributed by atoms with E-state index < -0.39 is 23.8 Å². The van der Waals surface area contributed by atoms with Crippen molar-refractivity contribution in [2.24, 2.45) is 0 Å². The van der Waals surface area contributed by atoms with Gasteiger partial charge in [-0.25, -0.2) is 8.78 Å². The molecule has 1 amide bonds. The van der Waals surface area contributed by atoms with Crippen LogP contribution in [0.4, 0.5) is 8.78 Å². The number of halogens is 2. The van der Waals surface area contributed by atoms with Crippen molar-refractivity contribution in [3.8, 4) is 0 Å². The van der Waals surface area contributed by atoms with Gasteiger partial charge in [-0.1, -0.05) is 30.3 Å². The lowest BCUT2D eigenvalue weighted by Crippen LogP contribution is -2.38. The second kappa shape index (κ2) is 7.33. The number of carbonyl (C=O) groups excluding carboxylic acids is 1. The molecule has 0 aromatic heterocycles. The third kappa shape index (κ3) is 4.36. The molecule has 2 rings (SSSR count). The van der Waals surface area contributed by atoms with Crippen molar-refractivity contribution in [1.82, 2.24) is 5.32 Å². The monoisotopic (exact) mass is 319 g/mol. The SMILES string of the molecule is Cc1ccccc1CC(=O)NC(C)C(O)c1ccc(F)c(F)c1. The van der Waals surface area contributed by atoms with E-state index in [1.54, 1.807) is 6.92 Å². The van der Waals surface area contributed by atoms with Crippen LogP contribution in [0.25, 0.3) is 0 Å². The van der Waals surface area contributed by atoms with E-state index in [-0.39, 0.29) is 17.9 Å². The van der Waals surface area contributed by atoms with Gasteiger partial charge in [-0.15, -0.1) is 0 Å². The van der Waals surface area contributed by atoms with Crippen molar-refractivity contribution in [2.75, 3.05) is 0 Å². The molecule has 0 aliphatic carbocycles. The first-order valence-electron chi connectivity index (χ1n) is 7.35. The third-order valence-electron chi connectivity index (χ3n) is 3.76. The van der Waals surface area contributed by atoms with Gasteiger partial charge in [-0.05, 0) is 42.7 Å². The van der Waals surface area contributed by atoms with Crippen molar-refractivity contribution in [2.45, 2.75) is 32.4 Å². The molecule has 5 heteroatoms. The maximum Gasteiger partial charge on any atom is 0.224 e. The summed E-state index contributed by atoms with van der Waals surface area (Å²) in [5.41, 5.74) is 2.13. The number of benzene rings is 2. The molecule has 0 radical (unpaired) electrons. The van der Waals surface area contributed by atoms with Crippen LogP contribution in [0.5, 0.6) is 0 Å². The summed E-state index contributed by atoms with van der Waals surface area (Å²) in [7, 11) is 0. The molecular weight excluding hydrogens is 300 g/mol. The van der Waals surface area contributed by atoms with Crippen LogP contribution in [0.15, 0.2) is 42.5 Å². The van der Waals surface area contributed by atoms with Gasteiger partial charge in [0.1, 0.15) is 0 Å². The van der Waals surface area contributed by atoms with Crippen LogP contribution in [0, 0.1) is 18.6 Å². The average Bonchev–Trinajstić information content (AvgIpc) is 2.51. The number of rotatable bonds is 5. The summed E-state index contributed by atoms with van der Waals surface area (Å²) in [5.74, 6) is -2.24. The van der Waals surface area contributed by atoms with Gasteiger partial charge < -0.3 is 10.4 Å². The summed E-state index contributed by atoms with van der Waals surface area (Å²) < 4.78 is 26.2.